The molecule has 1 aromatic heterocycles. The van der Waals surface area contributed by atoms with Gasteiger partial charge in [0.25, 0.3) is 5.91 Å². The zero-order valence-electron chi connectivity index (χ0n) is 18.0. The van der Waals surface area contributed by atoms with E-state index in [4.69, 9.17) is 21.3 Å². The number of ether oxygens (including phenoxy) is 1. The van der Waals surface area contributed by atoms with Crippen LogP contribution in [0, 0.1) is 0 Å². The minimum Gasteiger partial charge on any atom is -0.504 e. The lowest BCUT2D eigenvalue weighted by Crippen LogP contribution is -2.30. The Morgan fingerprint density at radius 1 is 1.15 bits per heavy atom. The average molecular weight is 461 g/mol. The fraction of sp³-hybridized carbons (Fsp3) is 0.120. The highest BCUT2D eigenvalue weighted by atomic mass is 35.5. The second kappa shape index (κ2) is 8.18. The van der Waals surface area contributed by atoms with E-state index in [9.17, 15) is 9.90 Å². The summed E-state index contributed by atoms with van der Waals surface area (Å²) in [6.07, 6.45) is 0. The molecule has 0 aliphatic carbocycles. The second-order valence-electron chi connectivity index (χ2n) is 7.75. The Balaban J connectivity index is 1.67. The number of carbonyl (C=O) groups is 1. The van der Waals surface area contributed by atoms with Gasteiger partial charge in [0.2, 0.25) is 5.95 Å². The number of nitrogens with zero attached hydrogens (tertiary/aromatic N) is 2. The maximum absolute atomic E-state index is 13.6. The quantitative estimate of drug-likeness (QED) is 0.383. The number of rotatable bonds is 4. The number of hydrogen-bond acceptors (Lipinski definition) is 5. The highest BCUT2D eigenvalue weighted by molar-refractivity contribution is 6.30. The number of aromatic hydroxyl groups is 1. The van der Waals surface area contributed by atoms with Crippen LogP contribution in [0.2, 0.25) is 5.02 Å². The number of methoxy groups -OCH3 is 1. The van der Waals surface area contributed by atoms with Crippen LogP contribution in [-0.2, 0) is 4.79 Å². The number of phenols is 1. The topological polar surface area (TPSA) is 88.4 Å². The van der Waals surface area contributed by atoms with E-state index in [0.717, 1.165) is 16.6 Å². The van der Waals surface area contributed by atoms with Gasteiger partial charge in [-0.05, 0) is 61.0 Å². The second-order valence-corrected chi connectivity index (χ2v) is 8.19. The van der Waals surface area contributed by atoms with Gasteiger partial charge in [-0.1, -0.05) is 29.8 Å². The van der Waals surface area contributed by atoms with Gasteiger partial charge in [-0.15, -0.1) is 0 Å². The number of aromatic nitrogens is 2. The van der Waals surface area contributed by atoms with Crippen molar-refractivity contribution in [3.8, 4) is 11.5 Å². The van der Waals surface area contributed by atoms with Crippen LogP contribution in [0.1, 0.15) is 18.5 Å². The van der Waals surface area contributed by atoms with E-state index < -0.39 is 6.04 Å². The number of fused-ring (bicyclic) bond motifs is 3. The first-order valence-corrected chi connectivity index (χ1v) is 10.7. The minimum atomic E-state index is -0.504. The van der Waals surface area contributed by atoms with Crippen molar-refractivity contribution < 1.29 is 14.6 Å². The predicted molar refractivity (Wildman–Crippen MR) is 129 cm³/mol. The summed E-state index contributed by atoms with van der Waals surface area (Å²) < 4.78 is 7.33. The molecule has 1 unspecified atom stereocenters. The maximum atomic E-state index is 13.6. The number of hydrogen-bond donors (Lipinski definition) is 3. The molecular weight excluding hydrogens is 440 g/mol. The molecule has 3 N–H and O–H groups in total. The van der Waals surface area contributed by atoms with Crippen molar-refractivity contribution >= 4 is 40.2 Å². The van der Waals surface area contributed by atoms with E-state index >= 15 is 0 Å². The first-order valence-electron chi connectivity index (χ1n) is 10.3. The third-order valence-electron chi connectivity index (χ3n) is 5.70. The standard InChI is InChI=1S/C25H21ClN4O3/c1-14-22(24(32)28-17-10-8-16(26)9-11-17)23(15-7-12-20(31)21(13-15)33-2)30-19-6-4-3-5-18(19)29-25(30)27-14/h3-13,23,31H,1-2H3,(H,27,29)(H,28,32). The molecule has 0 fully saturated rings. The summed E-state index contributed by atoms with van der Waals surface area (Å²) in [5.41, 5.74) is 4.29. The van der Waals surface area contributed by atoms with E-state index in [1.165, 1.54) is 7.11 Å². The third-order valence-corrected chi connectivity index (χ3v) is 5.95. The fourth-order valence-corrected chi connectivity index (χ4v) is 4.30. The molecule has 1 amide bonds. The van der Waals surface area contributed by atoms with E-state index in [1.54, 1.807) is 42.5 Å². The van der Waals surface area contributed by atoms with Crippen molar-refractivity contribution in [2.45, 2.75) is 13.0 Å². The molecule has 4 aromatic rings. The molecule has 2 heterocycles. The van der Waals surface area contributed by atoms with E-state index in [2.05, 4.69) is 10.6 Å². The molecule has 1 aliphatic rings. The Morgan fingerprint density at radius 3 is 2.67 bits per heavy atom. The SMILES string of the molecule is COc1cc(C2C(C(=O)Nc3ccc(Cl)cc3)=C(C)Nc3nc4ccccc4n32)ccc1O. The summed E-state index contributed by atoms with van der Waals surface area (Å²) in [5, 5.41) is 17.0. The zero-order valence-corrected chi connectivity index (χ0v) is 18.7. The van der Waals surface area contributed by atoms with Crippen molar-refractivity contribution in [1.29, 1.82) is 0 Å². The van der Waals surface area contributed by atoms with Gasteiger partial charge < -0.3 is 20.5 Å². The number of imidazole rings is 1. The lowest BCUT2D eigenvalue weighted by atomic mass is 9.94. The molecule has 0 bridgehead atoms. The largest absolute Gasteiger partial charge is 0.504 e. The van der Waals surface area contributed by atoms with Crippen molar-refractivity contribution in [1.82, 2.24) is 9.55 Å². The highest BCUT2D eigenvalue weighted by Crippen LogP contribution is 2.41. The Bertz CT molecular complexity index is 1410. The molecule has 1 aliphatic heterocycles. The highest BCUT2D eigenvalue weighted by Gasteiger charge is 2.34. The molecule has 33 heavy (non-hydrogen) atoms. The van der Waals surface area contributed by atoms with Crippen LogP contribution in [0.25, 0.3) is 11.0 Å². The number of carbonyl (C=O) groups excluding carboxylic acids is 1. The van der Waals surface area contributed by atoms with Gasteiger partial charge in [-0.2, -0.15) is 0 Å². The maximum Gasteiger partial charge on any atom is 0.255 e. The summed E-state index contributed by atoms with van der Waals surface area (Å²) >= 11 is 5.99. The van der Waals surface area contributed by atoms with Crippen molar-refractivity contribution in [2.24, 2.45) is 0 Å². The average Bonchev–Trinajstić information content (AvgIpc) is 3.18. The smallest absolute Gasteiger partial charge is 0.255 e. The number of nitrogens with one attached hydrogen (secondary N) is 2. The molecule has 8 heteroatoms. The molecule has 1 atom stereocenters. The van der Waals surface area contributed by atoms with E-state index in [1.807, 2.05) is 35.8 Å². The Hall–Kier alpha value is -3.97. The first-order chi connectivity index (χ1) is 16.0. The number of phenolic OH excluding ortho intramolecular Hbond substituents is 1. The van der Waals surface area contributed by atoms with Crippen LogP contribution in [-0.4, -0.2) is 27.7 Å². The summed E-state index contributed by atoms with van der Waals surface area (Å²) in [7, 11) is 1.49. The summed E-state index contributed by atoms with van der Waals surface area (Å²) in [4.78, 5) is 18.3. The summed E-state index contributed by atoms with van der Waals surface area (Å²) in [5.74, 6) is 0.725. The lowest BCUT2D eigenvalue weighted by Gasteiger charge is -2.31. The molecule has 166 valence electrons. The first kappa shape index (κ1) is 20.9. The Kier molecular flexibility index (Phi) is 5.18. The fourth-order valence-electron chi connectivity index (χ4n) is 4.17. The van der Waals surface area contributed by atoms with E-state index in [0.29, 0.717) is 33.7 Å². The van der Waals surface area contributed by atoms with Gasteiger partial charge in [0, 0.05) is 16.4 Å². The predicted octanol–water partition coefficient (Wildman–Crippen LogP) is 5.33. The van der Waals surface area contributed by atoms with Gasteiger partial charge in [0.05, 0.1) is 29.8 Å². The van der Waals surface area contributed by atoms with Crippen molar-refractivity contribution in [3.05, 3.63) is 88.6 Å². The number of para-hydroxylation sites is 2. The Labute approximate surface area is 195 Å². The Morgan fingerprint density at radius 2 is 1.91 bits per heavy atom. The number of anilines is 2. The molecule has 0 saturated carbocycles. The number of halogens is 1. The summed E-state index contributed by atoms with van der Waals surface area (Å²) in [6.45, 7) is 1.85. The van der Waals surface area contributed by atoms with Crippen molar-refractivity contribution in [3.63, 3.8) is 0 Å². The third kappa shape index (κ3) is 3.66. The lowest BCUT2D eigenvalue weighted by molar-refractivity contribution is -0.113. The van der Waals surface area contributed by atoms with Gasteiger partial charge in [0.1, 0.15) is 0 Å². The van der Waals surface area contributed by atoms with Crippen LogP contribution in [0.3, 0.4) is 0 Å². The molecule has 0 spiro atoms. The molecule has 5 rings (SSSR count). The normalized spacial score (nSPS) is 15.2. The van der Waals surface area contributed by atoms with Gasteiger partial charge in [0.15, 0.2) is 11.5 Å². The molecule has 3 aromatic carbocycles. The van der Waals surface area contributed by atoms with Crippen LogP contribution in [0.4, 0.5) is 11.6 Å². The monoisotopic (exact) mass is 460 g/mol. The van der Waals surface area contributed by atoms with Crippen LogP contribution in [0.15, 0.2) is 78.0 Å². The van der Waals surface area contributed by atoms with Crippen LogP contribution in [0.5, 0.6) is 11.5 Å². The van der Waals surface area contributed by atoms with Gasteiger partial charge in [-0.25, -0.2) is 4.98 Å². The molecule has 0 radical (unpaired) electrons. The van der Waals surface area contributed by atoms with Crippen LogP contribution < -0.4 is 15.4 Å². The van der Waals surface area contributed by atoms with Gasteiger partial charge in [-0.3, -0.25) is 9.36 Å². The molecule has 0 saturated heterocycles. The van der Waals surface area contributed by atoms with E-state index in [-0.39, 0.29) is 11.7 Å². The van der Waals surface area contributed by atoms with Gasteiger partial charge >= 0.3 is 0 Å². The number of allylic oxidation sites excluding steroid dienone is 1. The van der Waals surface area contributed by atoms with Crippen molar-refractivity contribution in [2.75, 3.05) is 17.7 Å². The minimum absolute atomic E-state index is 0.0266. The summed E-state index contributed by atoms with van der Waals surface area (Å²) in [6, 6.07) is 19.3. The number of amides is 1. The molecular formula is C25H21ClN4O3. The molecule has 7 nitrogen and oxygen atoms in total. The van der Waals surface area contributed by atoms with Crippen LogP contribution >= 0.6 is 11.6 Å². The zero-order chi connectivity index (χ0) is 23.1. The number of benzene rings is 3.